The number of halogens is 1. The van der Waals surface area contributed by atoms with E-state index in [0.717, 1.165) is 5.69 Å². The molecule has 0 heterocycles. The van der Waals surface area contributed by atoms with Crippen LogP contribution in [-0.4, -0.2) is 0 Å². The topological polar surface area (TPSA) is 29.1 Å². The minimum absolute atomic E-state index is 0.0458. The van der Waals surface area contributed by atoms with Gasteiger partial charge in [0.2, 0.25) is 5.43 Å². The number of rotatable bonds is 2. The van der Waals surface area contributed by atoms with Gasteiger partial charge in [0.15, 0.2) is 0 Å². The summed E-state index contributed by atoms with van der Waals surface area (Å²) in [6.07, 6.45) is 0. The summed E-state index contributed by atoms with van der Waals surface area (Å²) in [6, 6.07) is 15.1. The maximum Gasteiger partial charge on any atom is 0.216 e. The van der Waals surface area contributed by atoms with Crippen molar-refractivity contribution in [3.63, 3.8) is 0 Å². The van der Waals surface area contributed by atoms with Crippen molar-refractivity contribution >= 4 is 27.3 Å². The summed E-state index contributed by atoms with van der Waals surface area (Å²) in [4.78, 5) is 11.9. The first kappa shape index (κ1) is 11.9. The van der Waals surface area contributed by atoms with E-state index in [0.29, 0.717) is 10.2 Å². The summed E-state index contributed by atoms with van der Waals surface area (Å²) in [5, 5.41) is 3.12. The van der Waals surface area contributed by atoms with Crippen LogP contribution in [0, 0.1) is 6.92 Å². The molecule has 2 rings (SSSR count). The van der Waals surface area contributed by atoms with E-state index >= 15 is 0 Å². The Morgan fingerprint density at radius 1 is 1.00 bits per heavy atom. The zero-order chi connectivity index (χ0) is 12.3. The van der Waals surface area contributed by atoms with Gasteiger partial charge >= 0.3 is 0 Å². The largest absolute Gasteiger partial charge is 0.352 e. The summed E-state index contributed by atoms with van der Waals surface area (Å²) in [5.74, 6) is 0. The molecule has 17 heavy (non-hydrogen) atoms. The quantitative estimate of drug-likeness (QED) is 0.910. The Morgan fingerprint density at radius 2 is 1.65 bits per heavy atom. The standard InChI is InChI=1S/C14H12BrNO/c1-10-6-8-11(9-7-10)16-13-5-3-2-4-12(15)14(13)17/h2-9H,1H3,(H,16,17). The number of hydrogen-bond acceptors (Lipinski definition) is 2. The van der Waals surface area contributed by atoms with Gasteiger partial charge < -0.3 is 5.32 Å². The molecular formula is C14H12BrNO. The first-order valence-corrected chi connectivity index (χ1v) is 6.08. The first-order valence-electron chi connectivity index (χ1n) is 5.29. The van der Waals surface area contributed by atoms with Gasteiger partial charge in [0.1, 0.15) is 0 Å². The van der Waals surface area contributed by atoms with E-state index in [-0.39, 0.29) is 5.43 Å². The summed E-state index contributed by atoms with van der Waals surface area (Å²) >= 11 is 3.25. The van der Waals surface area contributed by atoms with Gasteiger partial charge in [-0.2, -0.15) is 0 Å². The Morgan fingerprint density at radius 3 is 2.35 bits per heavy atom. The van der Waals surface area contributed by atoms with Gasteiger partial charge in [-0.1, -0.05) is 29.8 Å². The lowest BCUT2D eigenvalue weighted by Gasteiger charge is -2.04. The van der Waals surface area contributed by atoms with Crippen molar-refractivity contribution in [1.82, 2.24) is 0 Å². The molecule has 2 aromatic carbocycles. The van der Waals surface area contributed by atoms with E-state index in [2.05, 4.69) is 21.2 Å². The van der Waals surface area contributed by atoms with E-state index in [9.17, 15) is 4.79 Å². The Balaban J connectivity index is 2.37. The molecule has 0 aliphatic rings. The van der Waals surface area contributed by atoms with Crippen molar-refractivity contribution in [2.75, 3.05) is 5.32 Å². The van der Waals surface area contributed by atoms with Crippen molar-refractivity contribution in [1.29, 1.82) is 0 Å². The van der Waals surface area contributed by atoms with Gasteiger partial charge in [-0.25, -0.2) is 0 Å². The van der Waals surface area contributed by atoms with Crippen LogP contribution in [0.1, 0.15) is 5.56 Å². The predicted octanol–water partition coefficient (Wildman–Crippen LogP) is 3.86. The van der Waals surface area contributed by atoms with Crippen LogP contribution >= 0.6 is 15.9 Å². The molecule has 0 amide bonds. The van der Waals surface area contributed by atoms with Crippen LogP contribution in [0.5, 0.6) is 0 Å². The summed E-state index contributed by atoms with van der Waals surface area (Å²) < 4.78 is 0.553. The SMILES string of the molecule is Cc1ccc(Nc2ccccc(Br)c2=O)cc1. The van der Waals surface area contributed by atoms with Gasteiger partial charge in [0.05, 0.1) is 10.2 Å². The molecule has 0 fully saturated rings. The molecule has 2 aromatic rings. The lowest BCUT2D eigenvalue weighted by atomic mass is 10.2. The average molecular weight is 290 g/mol. The fraction of sp³-hybridized carbons (Fsp3) is 0.0714. The number of nitrogens with one attached hydrogen (secondary N) is 1. The normalized spacial score (nSPS) is 10.0. The maximum atomic E-state index is 11.9. The van der Waals surface area contributed by atoms with Gasteiger partial charge in [-0.15, -0.1) is 0 Å². The number of hydrogen-bond donors (Lipinski definition) is 1. The maximum absolute atomic E-state index is 11.9. The summed E-state index contributed by atoms with van der Waals surface area (Å²) in [5.41, 5.74) is 2.62. The number of aryl methyl sites for hydroxylation is 1. The van der Waals surface area contributed by atoms with E-state index in [1.165, 1.54) is 5.56 Å². The molecule has 0 bridgehead atoms. The van der Waals surface area contributed by atoms with Crippen LogP contribution in [-0.2, 0) is 0 Å². The smallest absolute Gasteiger partial charge is 0.216 e. The zero-order valence-electron chi connectivity index (χ0n) is 9.41. The molecule has 2 nitrogen and oxygen atoms in total. The van der Waals surface area contributed by atoms with E-state index in [1.807, 2.05) is 43.3 Å². The molecule has 3 heteroatoms. The zero-order valence-corrected chi connectivity index (χ0v) is 11.0. The van der Waals surface area contributed by atoms with E-state index in [4.69, 9.17) is 0 Å². The molecule has 0 saturated heterocycles. The molecule has 0 aromatic heterocycles. The van der Waals surface area contributed by atoms with Crippen molar-refractivity contribution < 1.29 is 0 Å². The second kappa shape index (κ2) is 5.15. The van der Waals surface area contributed by atoms with Crippen LogP contribution in [0.4, 0.5) is 11.4 Å². The molecule has 0 radical (unpaired) electrons. The third kappa shape index (κ3) is 2.94. The third-order valence-corrected chi connectivity index (χ3v) is 3.03. The van der Waals surface area contributed by atoms with Crippen molar-refractivity contribution in [2.24, 2.45) is 0 Å². The number of anilines is 2. The lowest BCUT2D eigenvalue weighted by Crippen LogP contribution is -2.05. The second-order valence-corrected chi connectivity index (χ2v) is 4.65. The fourth-order valence-corrected chi connectivity index (χ4v) is 1.83. The van der Waals surface area contributed by atoms with Crippen LogP contribution < -0.4 is 10.7 Å². The predicted molar refractivity (Wildman–Crippen MR) is 74.9 cm³/mol. The third-order valence-electron chi connectivity index (χ3n) is 2.41. The molecule has 0 saturated carbocycles. The molecular weight excluding hydrogens is 278 g/mol. The molecule has 0 aliphatic heterocycles. The first-order chi connectivity index (χ1) is 8.16. The van der Waals surface area contributed by atoms with Crippen LogP contribution in [0.2, 0.25) is 0 Å². The highest BCUT2D eigenvalue weighted by molar-refractivity contribution is 9.10. The van der Waals surface area contributed by atoms with Gasteiger partial charge in [0.25, 0.3) is 0 Å². The highest BCUT2D eigenvalue weighted by Crippen LogP contribution is 2.15. The second-order valence-electron chi connectivity index (χ2n) is 3.80. The Hall–Kier alpha value is -1.61. The molecule has 1 N–H and O–H groups in total. The fourth-order valence-electron chi connectivity index (χ4n) is 1.46. The van der Waals surface area contributed by atoms with Crippen molar-refractivity contribution in [2.45, 2.75) is 6.92 Å². The van der Waals surface area contributed by atoms with Crippen LogP contribution in [0.3, 0.4) is 0 Å². The summed E-state index contributed by atoms with van der Waals surface area (Å²) in [6.45, 7) is 2.03. The number of benzene rings is 1. The molecule has 86 valence electrons. The van der Waals surface area contributed by atoms with Gasteiger partial charge in [-0.3, -0.25) is 4.79 Å². The minimum atomic E-state index is -0.0458. The Kier molecular flexibility index (Phi) is 3.59. The molecule has 0 unspecified atom stereocenters. The average Bonchev–Trinajstić information content (AvgIpc) is 2.48. The van der Waals surface area contributed by atoms with Crippen molar-refractivity contribution in [3.05, 3.63) is 68.8 Å². The van der Waals surface area contributed by atoms with Crippen molar-refractivity contribution in [3.8, 4) is 0 Å². The Bertz CT molecular complexity index is 578. The molecule has 0 spiro atoms. The van der Waals surface area contributed by atoms with Crippen LogP contribution in [0.15, 0.2) is 57.8 Å². The summed E-state index contributed by atoms with van der Waals surface area (Å²) in [7, 11) is 0. The van der Waals surface area contributed by atoms with E-state index in [1.54, 1.807) is 12.1 Å². The van der Waals surface area contributed by atoms with Crippen LogP contribution in [0.25, 0.3) is 0 Å². The molecule has 0 atom stereocenters. The monoisotopic (exact) mass is 289 g/mol. The van der Waals surface area contributed by atoms with Gasteiger partial charge in [-0.05, 0) is 47.1 Å². The lowest BCUT2D eigenvalue weighted by molar-refractivity contribution is 1.45. The Labute approximate surface area is 108 Å². The van der Waals surface area contributed by atoms with E-state index < -0.39 is 0 Å². The van der Waals surface area contributed by atoms with Gasteiger partial charge in [0, 0.05) is 5.69 Å². The minimum Gasteiger partial charge on any atom is -0.352 e. The highest BCUT2D eigenvalue weighted by atomic mass is 79.9. The molecule has 0 aliphatic carbocycles. The highest BCUT2D eigenvalue weighted by Gasteiger charge is 2.01.